The molecule has 3 atom stereocenters. The van der Waals surface area contributed by atoms with Crippen molar-refractivity contribution in [1.82, 2.24) is 28.7 Å². The van der Waals surface area contributed by atoms with E-state index in [4.69, 9.17) is 15.0 Å². The van der Waals surface area contributed by atoms with Gasteiger partial charge in [0.25, 0.3) is 5.56 Å². The highest BCUT2D eigenvalue weighted by atomic mass is 28.3. The molecule has 15 nitrogen and oxygen atoms in total. The van der Waals surface area contributed by atoms with Crippen molar-refractivity contribution in [2.24, 2.45) is 5.11 Å². The average Bonchev–Trinajstić information content (AvgIpc) is 3.49. The smallest absolute Gasteiger partial charge is 0.330 e. The number of aryl methyl sites for hydroxylation is 1. The highest BCUT2D eigenvalue weighted by molar-refractivity contribution is 6.79. The number of azide groups is 1. The number of aromatic amines is 1. The number of H-pyrrole nitrogens is 1. The van der Waals surface area contributed by atoms with Crippen LogP contribution in [0.4, 0.5) is 5.82 Å². The van der Waals surface area contributed by atoms with Gasteiger partial charge in [0, 0.05) is 30.0 Å². The number of ether oxygens (including phenoxy) is 2. The highest BCUT2D eigenvalue weighted by Crippen LogP contribution is 2.30. The molecule has 222 valence electrons. The van der Waals surface area contributed by atoms with Crippen molar-refractivity contribution in [2.75, 3.05) is 18.2 Å². The first-order valence-corrected chi connectivity index (χ1v) is 20.0. The van der Waals surface area contributed by atoms with E-state index in [1.165, 1.54) is 17.7 Å². The Labute approximate surface area is 239 Å². The van der Waals surface area contributed by atoms with E-state index in [1.54, 1.807) is 13.3 Å². The third kappa shape index (κ3) is 7.49. The Balaban J connectivity index is 0.000000228. The van der Waals surface area contributed by atoms with Crippen LogP contribution in [-0.4, -0.2) is 77.0 Å². The van der Waals surface area contributed by atoms with E-state index in [2.05, 4.69) is 85.1 Å². The van der Waals surface area contributed by atoms with Crippen molar-refractivity contribution in [3.05, 3.63) is 55.7 Å². The Bertz CT molecular complexity index is 1570. The maximum Gasteiger partial charge on any atom is 0.330 e. The molecule has 4 heterocycles. The number of esters is 1. The minimum atomic E-state index is -1.49. The fourth-order valence-corrected chi connectivity index (χ4v) is 6.10. The van der Waals surface area contributed by atoms with Crippen LogP contribution in [0.3, 0.4) is 0 Å². The second kappa shape index (κ2) is 12.4. The predicted molar refractivity (Wildman–Crippen MR) is 160 cm³/mol. The molecule has 0 aromatic carbocycles. The van der Waals surface area contributed by atoms with Gasteiger partial charge in [-0.2, -0.15) is 0 Å². The topological polar surface area (TPSA) is 186 Å². The Morgan fingerprint density at radius 2 is 1.93 bits per heavy atom. The number of hydrogen-bond acceptors (Lipinski definition) is 10. The zero-order chi connectivity index (χ0) is 30.7. The molecule has 0 amide bonds. The lowest BCUT2D eigenvalue weighted by Crippen LogP contribution is -2.43. The van der Waals surface area contributed by atoms with Crippen LogP contribution in [0.15, 0.2) is 33.6 Å². The van der Waals surface area contributed by atoms with Crippen molar-refractivity contribution >= 4 is 39.4 Å². The SMILES string of the molecule is CC(=O)OC[C@H]1O[C@@H](n2cc(C)c(=O)[nH]c2=O)C[C@H]1N=[N+]=[N-].CN(c1ncnc2c1ncn2[Si](C)(C)C)[Si](C)(C)C. The fraction of sp³-hybridized carbons (Fsp3) is 0.583. The summed E-state index contributed by atoms with van der Waals surface area (Å²) >= 11 is 0. The summed E-state index contributed by atoms with van der Waals surface area (Å²) in [7, 11) is -0.830. The van der Waals surface area contributed by atoms with Crippen LogP contribution in [-0.2, 0) is 14.3 Å². The number of rotatable bonds is 7. The van der Waals surface area contributed by atoms with Gasteiger partial charge in [-0.3, -0.25) is 19.1 Å². The molecule has 0 aliphatic carbocycles. The van der Waals surface area contributed by atoms with Crippen molar-refractivity contribution in [1.29, 1.82) is 0 Å². The molecule has 3 aromatic rings. The molecule has 4 rings (SSSR count). The summed E-state index contributed by atoms with van der Waals surface area (Å²) < 4.78 is 16.3. The summed E-state index contributed by atoms with van der Waals surface area (Å²) in [5, 5.41) is 3.61. The standard InChI is InChI=1S/C12H15N5O5.C12H23N5Si2/c1-6-4-17(12(20)14-11(6)19)10-3-8(15-16-13)9(22-10)5-21-7(2)18;1-16(18(2,3)4)11-10-12(14-8-13-11)17(9-15-10)19(5,6)7/h4,8-10H,3,5H2,1-2H3,(H,14,19,20);8-9H,1-7H3/t8-,9-,10-;/m1./s1. The van der Waals surface area contributed by atoms with E-state index in [-0.39, 0.29) is 13.0 Å². The van der Waals surface area contributed by atoms with Crippen LogP contribution in [0, 0.1) is 6.92 Å². The van der Waals surface area contributed by atoms with E-state index in [9.17, 15) is 14.4 Å². The van der Waals surface area contributed by atoms with Crippen LogP contribution in [0.5, 0.6) is 0 Å². The van der Waals surface area contributed by atoms with Crippen LogP contribution in [0.2, 0.25) is 39.3 Å². The van der Waals surface area contributed by atoms with Gasteiger partial charge in [0.2, 0.25) is 0 Å². The van der Waals surface area contributed by atoms with Gasteiger partial charge in [-0.15, -0.1) is 0 Å². The molecule has 41 heavy (non-hydrogen) atoms. The van der Waals surface area contributed by atoms with Crippen molar-refractivity contribution in [3.8, 4) is 0 Å². The summed E-state index contributed by atoms with van der Waals surface area (Å²) in [6.45, 7) is 16.5. The number of aromatic nitrogens is 6. The molecule has 1 fully saturated rings. The largest absolute Gasteiger partial charge is 0.463 e. The molecule has 1 aliphatic heterocycles. The van der Waals surface area contributed by atoms with Crippen molar-refractivity contribution in [2.45, 2.75) is 77.9 Å². The summed E-state index contributed by atoms with van der Waals surface area (Å²) in [4.78, 5) is 52.5. The van der Waals surface area contributed by atoms with Gasteiger partial charge in [0.05, 0.1) is 12.4 Å². The maximum atomic E-state index is 11.9. The first-order valence-electron chi connectivity index (χ1n) is 13.1. The van der Waals surface area contributed by atoms with Gasteiger partial charge in [0.1, 0.15) is 39.0 Å². The summed E-state index contributed by atoms with van der Waals surface area (Å²) in [5.41, 5.74) is 9.75. The number of carbonyl (C=O) groups excluding carboxylic acids is 1. The highest BCUT2D eigenvalue weighted by Gasteiger charge is 2.37. The van der Waals surface area contributed by atoms with E-state index >= 15 is 0 Å². The molecule has 1 N–H and O–H groups in total. The third-order valence-electron chi connectivity index (χ3n) is 6.67. The molecule has 1 aliphatic rings. The van der Waals surface area contributed by atoms with Crippen LogP contribution in [0.1, 0.15) is 25.1 Å². The number of anilines is 1. The quantitative estimate of drug-likeness (QED) is 0.139. The Morgan fingerprint density at radius 1 is 1.24 bits per heavy atom. The number of nitrogens with zero attached hydrogens (tertiary/aromatic N) is 9. The lowest BCUT2D eigenvalue weighted by Gasteiger charge is -2.31. The molecule has 0 saturated carbocycles. The summed E-state index contributed by atoms with van der Waals surface area (Å²) in [5.74, 6) is 0.477. The minimum absolute atomic E-state index is 0.0768. The molecule has 0 bridgehead atoms. The maximum absolute atomic E-state index is 11.9. The van der Waals surface area contributed by atoms with Gasteiger partial charge < -0.3 is 18.3 Å². The first kappa shape index (κ1) is 31.7. The van der Waals surface area contributed by atoms with Gasteiger partial charge in [0.15, 0.2) is 19.7 Å². The van der Waals surface area contributed by atoms with Gasteiger partial charge >= 0.3 is 11.7 Å². The predicted octanol–water partition coefficient (Wildman–Crippen LogP) is 3.15. The molecule has 0 radical (unpaired) electrons. The molecule has 0 spiro atoms. The third-order valence-corrected chi connectivity index (χ3v) is 10.7. The number of nitrogens with one attached hydrogen (secondary N) is 1. The Hall–Kier alpha value is -3.80. The fourth-order valence-electron chi connectivity index (χ4n) is 4.10. The number of fused-ring (bicyclic) bond motifs is 1. The zero-order valence-electron chi connectivity index (χ0n) is 24.9. The van der Waals surface area contributed by atoms with Crippen LogP contribution in [0.25, 0.3) is 21.6 Å². The van der Waals surface area contributed by atoms with Crippen molar-refractivity contribution < 1.29 is 14.3 Å². The summed E-state index contributed by atoms with van der Waals surface area (Å²) in [6, 6.07) is -0.575. The number of hydrogen-bond donors (Lipinski definition) is 1. The van der Waals surface area contributed by atoms with Crippen LogP contribution < -0.4 is 15.8 Å². The van der Waals surface area contributed by atoms with E-state index in [1.807, 2.05) is 6.33 Å². The lowest BCUT2D eigenvalue weighted by atomic mass is 10.1. The second-order valence-corrected chi connectivity index (χ2v) is 21.6. The van der Waals surface area contributed by atoms with E-state index < -0.39 is 52.1 Å². The second-order valence-electron chi connectivity index (χ2n) is 11.8. The normalized spacial score (nSPS) is 18.8. The van der Waals surface area contributed by atoms with E-state index in [0.29, 0.717) is 5.56 Å². The molecule has 17 heteroatoms. The number of imidazole rings is 1. The Morgan fingerprint density at radius 3 is 2.51 bits per heavy atom. The van der Waals surface area contributed by atoms with E-state index in [0.717, 1.165) is 17.0 Å². The van der Waals surface area contributed by atoms with Gasteiger partial charge in [-0.1, -0.05) is 44.4 Å². The molecule has 0 unspecified atom stereocenters. The number of carbonyl (C=O) groups is 1. The van der Waals surface area contributed by atoms with Gasteiger partial charge in [-0.25, -0.2) is 19.7 Å². The average molecular weight is 603 g/mol. The minimum Gasteiger partial charge on any atom is -0.463 e. The Kier molecular flexibility index (Phi) is 9.58. The monoisotopic (exact) mass is 602 g/mol. The summed E-state index contributed by atoms with van der Waals surface area (Å²) in [6.07, 6.45) is 3.84. The molecular weight excluding hydrogens is 565 g/mol. The van der Waals surface area contributed by atoms with Crippen LogP contribution >= 0.6 is 0 Å². The van der Waals surface area contributed by atoms with Gasteiger partial charge in [-0.05, 0) is 19.5 Å². The molecule has 1 saturated heterocycles. The zero-order valence-corrected chi connectivity index (χ0v) is 26.9. The first-order chi connectivity index (χ1) is 19.0. The lowest BCUT2D eigenvalue weighted by molar-refractivity contribution is -0.146. The van der Waals surface area contributed by atoms with Crippen molar-refractivity contribution in [3.63, 3.8) is 0 Å². The molecule has 3 aromatic heterocycles. The molecular formula is C24H38N10O5Si2.